The summed E-state index contributed by atoms with van der Waals surface area (Å²) in [7, 11) is 1.42. The standard InChI is InChI=1S/C19H16N4O4S2/c1-27-14-7-6-11(8-12(14)17(25)26)9-20-16(24)10-28-18-21-22-19-23(18)13-4-2-3-5-15(13)29-19/h2-8H,9-10H2,1H3,(H,20,24)(H,25,26). The highest BCUT2D eigenvalue weighted by atomic mass is 32.2. The van der Waals surface area contributed by atoms with Crippen LogP contribution < -0.4 is 10.1 Å². The minimum atomic E-state index is -1.08. The van der Waals surface area contributed by atoms with Gasteiger partial charge in [-0.1, -0.05) is 41.3 Å². The first-order valence-electron chi connectivity index (χ1n) is 8.59. The molecule has 0 aliphatic carbocycles. The van der Waals surface area contributed by atoms with E-state index >= 15 is 0 Å². The molecule has 0 bridgehead atoms. The van der Waals surface area contributed by atoms with Crippen LogP contribution in [0.15, 0.2) is 47.6 Å². The van der Waals surface area contributed by atoms with Crippen LogP contribution in [-0.2, 0) is 11.3 Å². The summed E-state index contributed by atoms with van der Waals surface area (Å²) in [6.07, 6.45) is 0. The van der Waals surface area contributed by atoms with E-state index in [0.717, 1.165) is 15.2 Å². The second-order valence-electron chi connectivity index (χ2n) is 6.08. The molecule has 2 N–H and O–H groups in total. The largest absolute Gasteiger partial charge is 0.496 e. The van der Waals surface area contributed by atoms with Crippen molar-refractivity contribution in [1.82, 2.24) is 19.9 Å². The van der Waals surface area contributed by atoms with Crippen LogP contribution in [0.2, 0.25) is 0 Å². The molecule has 0 spiro atoms. The molecule has 0 aliphatic heterocycles. The molecule has 8 nitrogen and oxygen atoms in total. The summed E-state index contributed by atoms with van der Waals surface area (Å²) in [5, 5.41) is 21.1. The summed E-state index contributed by atoms with van der Waals surface area (Å²) in [5.41, 5.74) is 1.75. The molecule has 4 rings (SSSR count). The minimum Gasteiger partial charge on any atom is -0.496 e. The van der Waals surface area contributed by atoms with Crippen molar-refractivity contribution in [2.45, 2.75) is 11.7 Å². The molecule has 2 aromatic heterocycles. The quantitative estimate of drug-likeness (QED) is 0.436. The van der Waals surface area contributed by atoms with Gasteiger partial charge in [-0.25, -0.2) is 4.79 Å². The lowest BCUT2D eigenvalue weighted by atomic mass is 10.1. The maximum Gasteiger partial charge on any atom is 0.339 e. The molecule has 1 amide bonds. The van der Waals surface area contributed by atoms with Crippen molar-refractivity contribution >= 4 is 50.2 Å². The molecule has 2 heterocycles. The minimum absolute atomic E-state index is 0.0591. The summed E-state index contributed by atoms with van der Waals surface area (Å²) >= 11 is 2.85. The molecule has 0 saturated carbocycles. The van der Waals surface area contributed by atoms with Crippen molar-refractivity contribution in [3.63, 3.8) is 0 Å². The van der Waals surface area contributed by atoms with Crippen LogP contribution in [0.1, 0.15) is 15.9 Å². The second-order valence-corrected chi connectivity index (χ2v) is 8.03. The van der Waals surface area contributed by atoms with Crippen LogP contribution >= 0.6 is 23.1 Å². The number of carboxylic acids is 1. The Morgan fingerprint density at radius 1 is 1.24 bits per heavy atom. The van der Waals surface area contributed by atoms with Gasteiger partial charge in [0.25, 0.3) is 0 Å². The number of nitrogens with zero attached hydrogens (tertiary/aromatic N) is 3. The van der Waals surface area contributed by atoms with E-state index in [-0.39, 0.29) is 29.5 Å². The summed E-state index contributed by atoms with van der Waals surface area (Å²) in [5.74, 6) is -0.808. The molecule has 10 heteroatoms. The number of hydrogen-bond acceptors (Lipinski definition) is 7. The summed E-state index contributed by atoms with van der Waals surface area (Å²) < 4.78 is 8.09. The van der Waals surface area contributed by atoms with E-state index in [1.165, 1.54) is 24.9 Å². The molecule has 0 saturated heterocycles. The lowest BCUT2D eigenvalue weighted by Crippen LogP contribution is -2.24. The average molecular weight is 428 g/mol. The Hall–Kier alpha value is -3.11. The highest BCUT2D eigenvalue weighted by Crippen LogP contribution is 2.29. The highest BCUT2D eigenvalue weighted by Gasteiger charge is 2.15. The summed E-state index contributed by atoms with van der Waals surface area (Å²) in [6.45, 7) is 0.223. The number of rotatable bonds is 7. The Labute approximate surface area is 173 Å². The molecule has 0 radical (unpaired) electrons. The Morgan fingerprint density at radius 3 is 2.86 bits per heavy atom. The number of hydrogen-bond donors (Lipinski definition) is 2. The SMILES string of the molecule is COc1ccc(CNC(=O)CSc2nnc3sc4ccccc4n23)cc1C(=O)O. The van der Waals surface area contributed by atoms with Gasteiger partial charge >= 0.3 is 5.97 Å². The van der Waals surface area contributed by atoms with Gasteiger partial charge < -0.3 is 15.2 Å². The molecule has 0 aliphatic rings. The summed E-state index contributed by atoms with van der Waals surface area (Å²) in [6, 6.07) is 12.7. The Kier molecular flexibility index (Phi) is 5.36. The van der Waals surface area contributed by atoms with E-state index in [2.05, 4.69) is 15.5 Å². The Balaban J connectivity index is 1.40. The van der Waals surface area contributed by atoms with Crippen LogP contribution in [0.3, 0.4) is 0 Å². The fourth-order valence-electron chi connectivity index (χ4n) is 2.86. The zero-order valence-corrected chi connectivity index (χ0v) is 16.9. The number of benzene rings is 2. The number of thioether (sulfide) groups is 1. The number of amides is 1. The number of carbonyl (C=O) groups excluding carboxylic acids is 1. The van der Waals surface area contributed by atoms with Gasteiger partial charge in [-0.05, 0) is 29.8 Å². The number of carbonyl (C=O) groups is 2. The number of nitrogens with one attached hydrogen (secondary N) is 1. The zero-order chi connectivity index (χ0) is 20.4. The Morgan fingerprint density at radius 2 is 2.07 bits per heavy atom. The van der Waals surface area contributed by atoms with Crippen molar-refractivity contribution in [1.29, 1.82) is 0 Å². The number of aromatic carboxylic acids is 1. The average Bonchev–Trinajstić information content (AvgIpc) is 3.29. The molecule has 4 aromatic rings. The van der Waals surface area contributed by atoms with Crippen molar-refractivity contribution in [3.05, 3.63) is 53.6 Å². The van der Waals surface area contributed by atoms with Gasteiger partial charge in [0, 0.05) is 6.54 Å². The van der Waals surface area contributed by atoms with E-state index in [9.17, 15) is 14.7 Å². The van der Waals surface area contributed by atoms with E-state index in [4.69, 9.17) is 4.74 Å². The topological polar surface area (TPSA) is 106 Å². The van der Waals surface area contributed by atoms with E-state index in [1.807, 2.05) is 28.7 Å². The lowest BCUT2D eigenvalue weighted by Gasteiger charge is -2.09. The van der Waals surface area contributed by atoms with Gasteiger partial charge in [0.2, 0.25) is 10.9 Å². The van der Waals surface area contributed by atoms with Crippen molar-refractivity contribution in [2.75, 3.05) is 12.9 Å². The third-order valence-corrected chi connectivity index (χ3v) is 6.17. The number of ether oxygens (including phenoxy) is 1. The van der Waals surface area contributed by atoms with Crippen molar-refractivity contribution in [3.8, 4) is 5.75 Å². The number of methoxy groups -OCH3 is 1. The van der Waals surface area contributed by atoms with Crippen LogP contribution in [0.4, 0.5) is 0 Å². The number of fused-ring (bicyclic) bond motifs is 3. The predicted molar refractivity (Wildman–Crippen MR) is 111 cm³/mol. The monoisotopic (exact) mass is 428 g/mol. The Bertz CT molecular complexity index is 1220. The van der Waals surface area contributed by atoms with Crippen LogP contribution in [0, 0.1) is 0 Å². The molecule has 0 unspecified atom stereocenters. The van der Waals surface area contributed by atoms with Crippen LogP contribution in [0.25, 0.3) is 15.2 Å². The van der Waals surface area contributed by atoms with E-state index < -0.39 is 5.97 Å². The van der Waals surface area contributed by atoms with Crippen LogP contribution in [0.5, 0.6) is 5.75 Å². The molecule has 2 aromatic carbocycles. The zero-order valence-electron chi connectivity index (χ0n) is 15.3. The smallest absolute Gasteiger partial charge is 0.339 e. The van der Waals surface area contributed by atoms with E-state index in [1.54, 1.807) is 23.5 Å². The molecule has 148 valence electrons. The first-order chi connectivity index (χ1) is 14.1. The van der Waals surface area contributed by atoms with Gasteiger partial charge in [-0.2, -0.15) is 0 Å². The third-order valence-electron chi connectivity index (χ3n) is 4.23. The second kappa shape index (κ2) is 8.10. The van der Waals surface area contributed by atoms with Gasteiger partial charge in [0.05, 0.1) is 23.1 Å². The predicted octanol–water partition coefficient (Wildman–Crippen LogP) is 3.06. The van der Waals surface area contributed by atoms with E-state index in [0.29, 0.717) is 10.7 Å². The third kappa shape index (κ3) is 3.89. The molecule has 29 heavy (non-hydrogen) atoms. The van der Waals surface area contributed by atoms with Gasteiger partial charge in [-0.3, -0.25) is 9.20 Å². The first-order valence-corrected chi connectivity index (χ1v) is 10.4. The maximum absolute atomic E-state index is 12.3. The van der Waals surface area contributed by atoms with Crippen LogP contribution in [-0.4, -0.2) is 44.4 Å². The number of aromatic nitrogens is 3. The molecule has 0 atom stereocenters. The van der Waals surface area contributed by atoms with Gasteiger partial charge in [0.1, 0.15) is 11.3 Å². The molecule has 0 fully saturated rings. The first kappa shape index (κ1) is 19.2. The molecular formula is C19H16N4O4S2. The summed E-state index contributed by atoms with van der Waals surface area (Å²) in [4.78, 5) is 24.3. The van der Waals surface area contributed by atoms with Crippen molar-refractivity contribution in [2.24, 2.45) is 0 Å². The van der Waals surface area contributed by atoms with Gasteiger partial charge in [-0.15, -0.1) is 10.2 Å². The number of carboxylic acid groups (broad SMARTS) is 1. The highest BCUT2D eigenvalue weighted by molar-refractivity contribution is 7.99. The lowest BCUT2D eigenvalue weighted by molar-refractivity contribution is -0.118. The fourth-order valence-corrected chi connectivity index (χ4v) is 4.66. The van der Waals surface area contributed by atoms with Crippen molar-refractivity contribution < 1.29 is 19.4 Å². The fraction of sp³-hybridized carbons (Fsp3) is 0.158. The molecular weight excluding hydrogens is 412 g/mol. The number of para-hydroxylation sites is 1. The van der Waals surface area contributed by atoms with Gasteiger partial charge in [0.15, 0.2) is 5.16 Å². The number of thiazole rings is 1. The maximum atomic E-state index is 12.3. The normalized spacial score (nSPS) is 11.1.